The number of rotatable bonds is 4. The molecule has 0 spiro atoms. The third-order valence-electron chi connectivity index (χ3n) is 2.21. The molecule has 1 atom stereocenters. The molecular formula is C13H14N2O3. The van der Waals surface area contributed by atoms with Gasteiger partial charge in [-0.1, -0.05) is 12.1 Å². The summed E-state index contributed by atoms with van der Waals surface area (Å²) in [5.41, 5.74) is 0.285. The molecule has 0 fully saturated rings. The summed E-state index contributed by atoms with van der Waals surface area (Å²) in [4.78, 5) is 22.5. The van der Waals surface area contributed by atoms with Crippen LogP contribution in [0, 0.1) is 12.3 Å². The molecule has 94 valence electrons. The van der Waals surface area contributed by atoms with E-state index in [1.807, 2.05) is 0 Å². The normalized spacial score (nSPS) is 11.1. The van der Waals surface area contributed by atoms with Crippen LogP contribution in [0.2, 0.25) is 0 Å². The number of terminal acetylenes is 1. The molecule has 0 radical (unpaired) electrons. The highest BCUT2D eigenvalue weighted by Gasteiger charge is 2.12. The monoisotopic (exact) mass is 246 g/mol. The summed E-state index contributed by atoms with van der Waals surface area (Å²) in [6.45, 7) is 1.77. The largest absolute Gasteiger partial charge is 0.478 e. The summed E-state index contributed by atoms with van der Waals surface area (Å²) in [5.74, 6) is 1.33. The molecule has 0 saturated carbocycles. The Morgan fingerprint density at radius 2 is 2.11 bits per heavy atom. The molecule has 1 aromatic rings. The predicted molar refractivity (Wildman–Crippen MR) is 68.5 cm³/mol. The maximum Gasteiger partial charge on any atom is 0.337 e. The maximum absolute atomic E-state index is 11.6. The number of benzene rings is 1. The van der Waals surface area contributed by atoms with E-state index >= 15 is 0 Å². The van der Waals surface area contributed by atoms with Crippen LogP contribution < -0.4 is 10.6 Å². The molecule has 0 aliphatic heterocycles. The van der Waals surface area contributed by atoms with Gasteiger partial charge in [0, 0.05) is 12.5 Å². The van der Waals surface area contributed by atoms with Gasteiger partial charge in [0.15, 0.2) is 0 Å². The molecule has 2 amide bonds. The Bertz CT molecular complexity index is 491. The second kappa shape index (κ2) is 6.30. The van der Waals surface area contributed by atoms with Crippen molar-refractivity contribution in [3.8, 4) is 12.3 Å². The van der Waals surface area contributed by atoms with Crippen molar-refractivity contribution in [2.24, 2.45) is 0 Å². The third-order valence-corrected chi connectivity index (χ3v) is 2.21. The molecule has 1 rings (SSSR count). The van der Waals surface area contributed by atoms with Gasteiger partial charge in [-0.15, -0.1) is 12.3 Å². The van der Waals surface area contributed by atoms with Gasteiger partial charge in [0.25, 0.3) is 0 Å². The van der Waals surface area contributed by atoms with Gasteiger partial charge < -0.3 is 15.7 Å². The molecule has 0 aliphatic rings. The van der Waals surface area contributed by atoms with Gasteiger partial charge in [0.2, 0.25) is 0 Å². The standard InChI is InChI=1S/C13H14N2O3/c1-3-6-9(2)14-13(18)15-11-8-5-4-7-10(11)12(16)17/h1,4-5,7-9H,6H2,2H3,(H,16,17)(H2,14,15,18). The first-order valence-electron chi connectivity index (χ1n) is 5.38. The van der Waals surface area contributed by atoms with Gasteiger partial charge >= 0.3 is 12.0 Å². The van der Waals surface area contributed by atoms with E-state index in [2.05, 4.69) is 16.6 Å². The zero-order chi connectivity index (χ0) is 13.5. The van der Waals surface area contributed by atoms with E-state index in [0.717, 1.165) is 0 Å². The fourth-order valence-electron chi connectivity index (χ4n) is 1.39. The SMILES string of the molecule is C#CCC(C)NC(=O)Nc1ccccc1C(=O)O. The topological polar surface area (TPSA) is 78.4 Å². The minimum atomic E-state index is -1.09. The fraction of sp³-hybridized carbons (Fsp3) is 0.231. The number of nitrogens with one attached hydrogen (secondary N) is 2. The molecule has 3 N–H and O–H groups in total. The van der Waals surface area contributed by atoms with Crippen LogP contribution in [0.1, 0.15) is 23.7 Å². The van der Waals surface area contributed by atoms with E-state index in [-0.39, 0.29) is 17.3 Å². The number of hydrogen-bond acceptors (Lipinski definition) is 2. The van der Waals surface area contributed by atoms with E-state index in [9.17, 15) is 9.59 Å². The van der Waals surface area contributed by atoms with Crippen molar-refractivity contribution in [1.29, 1.82) is 0 Å². The van der Waals surface area contributed by atoms with E-state index in [0.29, 0.717) is 6.42 Å². The minimum absolute atomic E-state index is 0.0391. The Kier molecular flexibility index (Phi) is 4.76. The Balaban J connectivity index is 2.71. The highest BCUT2D eigenvalue weighted by Crippen LogP contribution is 2.14. The van der Waals surface area contributed by atoms with E-state index in [4.69, 9.17) is 11.5 Å². The molecular weight excluding hydrogens is 232 g/mol. The Labute approximate surface area is 105 Å². The molecule has 1 unspecified atom stereocenters. The summed E-state index contributed by atoms with van der Waals surface area (Å²) >= 11 is 0. The summed E-state index contributed by atoms with van der Waals surface area (Å²) < 4.78 is 0. The third kappa shape index (κ3) is 3.83. The van der Waals surface area contributed by atoms with Gasteiger partial charge in [-0.25, -0.2) is 9.59 Å². The molecule has 0 aromatic heterocycles. The van der Waals surface area contributed by atoms with Crippen LogP contribution in [0.3, 0.4) is 0 Å². The smallest absolute Gasteiger partial charge is 0.337 e. The van der Waals surface area contributed by atoms with Crippen molar-refractivity contribution in [3.05, 3.63) is 29.8 Å². The van der Waals surface area contributed by atoms with Crippen LogP contribution in [0.25, 0.3) is 0 Å². The molecule has 0 saturated heterocycles. The quantitative estimate of drug-likeness (QED) is 0.710. The lowest BCUT2D eigenvalue weighted by Gasteiger charge is -2.13. The zero-order valence-electron chi connectivity index (χ0n) is 9.93. The summed E-state index contributed by atoms with van der Waals surface area (Å²) in [7, 11) is 0. The molecule has 5 heteroatoms. The lowest BCUT2D eigenvalue weighted by atomic mass is 10.2. The van der Waals surface area contributed by atoms with Gasteiger partial charge in [-0.2, -0.15) is 0 Å². The predicted octanol–water partition coefficient (Wildman–Crippen LogP) is 1.92. The van der Waals surface area contributed by atoms with Crippen molar-refractivity contribution in [1.82, 2.24) is 5.32 Å². The van der Waals surface area contributed by atoms with Crippen molar-refractivity contribution in [2.75, 3.05) is 5.32 Å². The molecule has 0 bridgehead atoms. The van der Waals surface area contributed by atoms with Crippen LogP contribution in [-0.2, 0) is 0 Å². The average molecular weight is 246 g/mol. The van der Waals surface area contributed by atoms with Crippen molar-refractivity contribution >= 4 is 17.7 Å². The van der Waals surface area contributed by atoms with Crippen LogP contribution in [0.15, 0.2) is 24.3 Å². The number of carbonyl (C=O) groups excluding carboxylic acids is 1. The highest BCUT2D eigenvalue weighted by molar-refractivity contribution is 5.99. The second-order valence-corrected chi connectivity index (χ2v) is 3.76. The maximum atomic E-state index is 11.6. The summed E-state index contributed by atoms with van der Waals surface area (Å²) in [6, 6.07) is 5.52. The Morgan fingerprint density at radius 1 is 1.44 bits per heavy atom. The number of carboxylic acid groups (broad SMARTS) is 1. The van der Waals surface area contributed by atoms with Gasteiger partial charge in [-0.05, 0) is 19.1 Å². The molecule has 0 heterocycles. The Hall–Kier alpha value is -2.48. The fourth-order valence-corrected chi connectivity index (χ4v) is 1.39. The number of anilines is 1. The summed E-state index contributed by atoms with van der Waals surface area (Å²) in [5, 5.41) is 14.0. The van der Waals surface area contributed by atoms with E-state index < -0.39 is 12.0 Å². The number of urea groups is 1. The number of aromatic carboxylic acids is 1. The van der Waals surface area contributed by atoms with Gasteiger partial charge in [0.1, 0.15) is 0 Å². The molecule has 1 aromatic carbocycles. The van der Waals surface area contributed by atoms with E-state index in [1.165, 1.54) is 12.1 Å². The first-order chi connectivity index (χ1) is 8.54. The average Bonchev–Trinajstić information content (AvgIpc) is 2.29. The van der Waals surface area contributed by atoms with Crippen molar-refractivity contribution in [2.45, 2.75) is 19.4 Å². The lowest BCUT2D eigenvalue weighted by Crippen LogP contribution is -2.36. The number of amides is 2. The van der Waals surface area contributed by atoms with Gasteiger partial charge in [-0.3, -0.25) is 0 Å². The van der Waals surface area contributed by atoms with Crippen molar-refractivity contribution < 1.29 is 14.7 Å². The second-order valence-electron chi connectivity index (χ2n) is 3.76. The number of carbonyl (C=O) groups is 2. The van der Waals surface area contributed by atoms with E-state index in [1.54, 1.807) is 19.1 Å². The first kappa shape index (κ1) is 13.6. The first-order valence-corrected chi connectivity index (χ1v) is 5.38. The Morgan fingerprint density at radius 3 is 2.72 bits per heavy atom. The summed E-state index contributed by atoms with van der Waals surface area (Å²) in [6.07, 6.45) is 5.53. The number of carboxylic acids is 1. The highest BCUT2D eigenvalue weighted by atomic mass is 16.4. The number of para-hydroxylation sites is 1. The minimum Gasteiger partial charge on any atom is -0.478 e. The van der Waals surface area contributed by atoms with Crippen LogP contribution >= 0.6 is 0 Å². The van der Waals surface area contributed by atoms with Crippen LogP contribution in [0.5, 0.6) is 0 Å². The zero-order valence-corrected chi connectivity index (χ0v) is 9.93. The molecule has 5 nitrogen and oxygen atoms in total. The van der Waals surface area contributed by atoms with Crippen molar-refractivity contribution in [3.63, 3.8) is 0 Å². The molecule has 18 heavy (non-hydrogen) atoms. The lowest BCUT2D eigenvalue weighted by molar-refractivity contribution is 0.0698. The van der Waals surface area contributed by atoms with Crippen LogP contribution in [0.4, 0.5) is 10.5 Å². The van der Waals surface area contributed by atoms with Crippen LogP contribution in [-0.4, -0.2) is 23.1 Å². The number of hydrogen-bond donors (Lipinski definition) is 3. The molecule has 0 aliphatic carbocycles. The van der Waals surface area contributed by atoms with Gasteiger partial charge in [0.05, 0.1) is 11.3 Å².